The van der Waals surface area contributed by atoms with Crippen molar-refractivity contribution in [3.05, 3.63) is 35.1 Å². The third-order valence-electron chi connectivity index (χ3n) is 5.59. The molecule has 1 amide bonds. The summed E-state index contributed by atoms with van der Waals surface area (Å²) in [5, 5.41) is 14.4. The standard InChI is InChI=1S/C20H26N6O2S/c27-18-16(19-23-14-5-1-2-6-15(14)29-19)17(22-13-4-3-7-21-12-13)24-20(25-18)26-8-10-28-11-9-26/h1-2,5-6,13,20-22,24H,3-4,7-12H2,(H,25,27). The first kappa shape index (κ1) is 18.8. The molecule has 0 bridgehead atoms. The summed E-state index contributed by atoms with van der Waals surface area (Å²) in [6, 6.07) is 8.28. The summed E-state index contributed by atoms with van der Waals surface area (Å²) < 4.78 is 6.54. The molecule has 0 saturated carbocycles. The molecule has 29 heavy (non-hydrogen) atoms. The Morgan fingerprint density at radius 3 is 2.86 bits per heavy atom. The van der Waals surface area contributed by atoms with Gasteiger partial charge in [0, 0.05) is 25.7 Å². The molecule has 1 aromatic carbocycles. The summed E-state index contributed by atoms with van der Waals surface area (Å²) in [5.41, 5.74) is 1.52. The van der Waals surface area contributed by atoms with Gasteiger partial charge in [-0.25, -0.2) is 4.98 Å². The molecule has 3 aliphatic rings. The highest BCUT2D eigenvalue weighted by atomic mass is 32.1. The number of rotatable bonds is 4. The molecule has 2 aromatic rings. The minimum absolute atomic E-state index is 0.0921. The largest absolute Gasteiger partial charge is 0.379 e. The van der Waals surface area contributed by atoms with Crippen molar-refractivity contribution < 1.29 is 9.53 Å². The van der Waals surface area contributed by atoms with Gasteiger partial charge in [0.25, 0.3) is 5.91 Å². The molecule has 8 nitrogen and oxygen atoms in total. The Balaban J connectivity index is 1.49. The van der Waals surface area contributed by atoms with E-state index in [0.717, 1.165) is 60.1 Å². The van der Waals surface area contributed by atoms with Crippen LogP contribution in [0.15, 0.2) is 30.1 Å². The number of amides is 1. The lowest BCUT2D eigenvalue weighted by Crippen LogP contribution is -2.63. The number of piperidine rings is 1. The quantitative estimate of drug-likeness (QED) is 0.584. The Kier molecular flexibility index (Phi) is 5.36. The number of fused-ring (bicyclic) bond motifs is 1. The Bertz CT molecular complexity index is 884. The van der Waals surface area contributed by atoms with E-state index in [1.54, 1.807) is 11.3 Å². The average Bonchev–Trinajstić information content (AvgIpc) is 3.18. The number of carbonyl (C=O) groups is 1. The lowest BCUT2D eigenvalue weighted by atomic mass is 10.1. The number of nitrogens with zero attached hydrogens (tertiary/aromatic N) is 2. The van der Waals surface area contributed by atoms with Crippen molar-refractivity contribution in [3.63, 3.8) is 0 Å². The molecule has 9 heteroatoms. The van der Waals surface area contributed by atoms with Gasteiger partial charge in [-0.05, 0) is 31.5 Å². The van der Waals surface area contributed by atoms with Gasteiger partial charge in [0.15, 0.2) is 6.29 Å². The molecular formula is C20H26N6O2S. The molecule has 154 valence electrons. The molecule has 2 saturated heterocycles. The maximum Gasteiger partial charge on any atom is 0.260 e. The molecule has 1 aromatic heterocycles. The lowest BCUT2D eigenvalue weighted by molar-refractivity contribution is -0.119. The van der Waals surface area contributed by atoms with Crippen LogP contribution >= 0.6 is 11.3 Å². The molecule has 4 N–H and O–H groups in total. The fourth-order valence-corrected chi connectivity index (χ4v) is 5.06. The molecular weight excluding hydrogens is 388 g/mol. The van der Waals surface area contributed by atoms with Gasteiger partial charge in [0.05, 0.1) is 23.4 Å². The van der Waals surface area contributed by atoms with E-state index >= 15 is 0 Å². The van der Waals surface area contributed by atoms with E-state index in [1.807, 2.05) is 24.3 Å². The summed E-state index contributed by atoms with van der Waals surface area (Å²) in [6.07, 6.45) is 1.96. The molecule has 2 atom stereocenters. The minimum Gasteiger partial charge on any atom is -0.379 e. The van der Waals surface area contributed by atoms with Crippen LogP contribution in [0.1, 0.15) is 17.8 Å². The van der Waals surface area contributed by atoms with E-state index in [-0.39, 0.29) is 18.2 Å². The van der Waals surface area contributed by atoms with Gasteiger partial charge >= 0.3 is 0 Å². The Hall–Kier alpha value is -2.20. The molecule has 2 fully saturated rings. The topological polar surface area (TPSA) is 90.6 Å². The van der Waals surface area contributed by atoms with Crippen molar-refractivity contribution in [1.82, 2.24) is 31.2 Å². The normalized spacial score (nSPS) is 26.3. The van der Waals surface area contributed by atoms with Crippen molar-refractivity contribution >= 4 is 33.0 Å². The number of aromatic nitrogens is 1. The van der Waals surface area contributed by atoms with E-state index in [4.69, 9.17) is 9.72 Å². The molecule has 0 radical (unpaired) electrons. The van der Waals surface area contributed by atoms with E-state index < -0.39 is 0 Å². The predicted molar refractivity (Wildman–Crippen MR) is 113 cm³/mol. The van der Waals surface area contributed by atoms with Crippen LogP contribution in [-0.2, 0) is 9.53 Å². The minimum atomic E-state index is -0.247. The zero-order valence-electron chi connectivity index (χ0n) is 16.2. The number of benzene rings is 1. The van der Waals surface area contributed by atoms with Gasteiger partial charge in [-0.3, -0.25) is 9.69 Å². The zero-order valence-corrected chi connectivity index (χ0v) is 17.1. The van der Waals surface area contributed by atoms with Crippen molar-refractivity contribution in [2.75, 3.05) is 39.4 Å². The Morgan fingerprint density at radius 2 is 2.07 bits per heavy atom. The van der Waals surface area contributed by atoms with Crippen LogP contribution in [0.5, 0.6) is 0 Å². The van der Waals surface area contributed by atoms with Gasteiger partial charge in [-0.2, -0.15) is 0 Å². The highest BCUT2D eigenvalue weighted by molar-refractivity contribution is 7.19. The summed E-state index contributed by atoms with van der Waals surface area (Å²) in [5.74, 6) is 0.684. The highest BCUT2D eigenvalue weighted by Gasteiger charge is 2.34. The van der Waals surface area contributed by atoms with E-state index in [0.29, 0.717) is 18.8 Å². The Morgan fingerprint density at radius 1 is 1.21 bits per heavy atom. The third-order valence-corrected chi connectivity index (χ3v) is 6.64. The van der Waals surface area contributed by atoms with Crippen LogP contribution in [0.4, 0.5) is 0 Å². The summed E-state index contributed by atoms with van der Waals surface area (Å²) in [4.78, 5) is 20.2. The van der Waals surface area contributed by atoms with Crippen molar-refractivity contribution in [2.45, 2.75) is 25.2 Å². The lowest BCUT2D eigenvalue weighted by Gasteiger charge is -2.40. The van der Waals surface area contributed by atoms with Gasteiger partial charge in [-0.1, -0.05) is 12.1 Å². The number of thiazole rings is 1. The number of hydrogen-bond acceptors (Lipinski definition) is 8. The molecule has 4 heterocycles. The number of carbonyl (C=O) groups excluding carboxylic acids is 1. The number of ether oxygens (including phenoxy) is 1. The first-order valence-corrected chi connectivity index (χ1v) is 11.1. The van der Waals surface area contributed by atoms with Gasteiger partial charge in [0.2, 0.25) is 0 Å². The fourth-order valence-electron chi connectivity index (χ4n) is 4.05. The van der Waals surface area contributed by atoms with Crippen LogP contribution in [0.25, 0.3) is 15.8 Å². The van der Waals surface area contributed by atoms with Gasteiger partial charge in [0.1, 0.15) is 16.4 Å². The van der Waals surface area contributed by atoms with E-state index in [9.17, 15) is 4.79 Å². The maximum absolute atomic E-state index is 13.2. The number of morpholine rings is 1. The van der Waals surface area contributed by atoms with Crippen molar-refractivity contribution in [1.29, 1.82) is 0 Å². The van der Waals surface area contributed by atoms with Crippen molar-refractivity contribution in [3.8, 4) is 0 Å². The molecule has 2 unspecified atom stereocenters. The van der Waals surface area contributed by atoms with Crippen LogP contribution in [0.2, 0.25) is 0 Å². The predicted octanol–water partition coefficient (Wildman–Crippen LogP) is 0.642. The second-order valence-electron chi connectivity index (χ2n) is 7.59. The first-order valence-electron chi connectivity index (χ1n) is 10.2. The monoisotopic (exact) mass is 414 g/mol. The molecule has 0 aliphatic carbocycles. The second kappa shape index (κ2) is 8.27. The molecule has 0 spiro atoms. The Labute approximate surface area is 173 Å². The molecule has 5 rings (SSSR count). The number of hydrogen-bond donors (Lipinski definition) is 4. The summed E-state index contributed by atoms with van der Waals surface area (Å²) in [6.45, 7) is 4.86. The third kappa shape index (κ3) is 3.95. The number of para-hydroxylation sites is 1. The van der Waals surface area contributed by atoms with Gasteiger partial charge in [-0.15, -0.1) is 11.3 Å². The van der Waals surface area contributed by atoms with E-state index in [1.165, 1.54) is 0 Å². The maximum atomic E-state index is 13.2. The van der Waals surface area contributed by atoms with E-state index in [2.05, 4.69) is 26.2 Å². The van der Waals surface area contributed by atoms with Crippen molar-refractivity contribution in [2.24, 2.45) is 0 Å². The van der Waals surface area contributed by atoms with Crippen LogP contribution in [0, 0.1) is 0 Å². The second-order valence-corrected chi connectivity index (χ2v) is 8.62. The average molecular weight is 415 g/mol. The fraction of sp³-hybridized carbons (Fsp3) is 0.500. The molecule has 3 aliphatic heterocycles. The highest BCUT2D eigenvalue weighted by Crippen LogP contribution is 2.30. The van der Waals surface area contributed by atoms with Crippen LogP contribution < -0.4 is 21.3 Å². The summed E-state index contributed by atoms with van der Waals surface area (Å²) in [7, 11) is 0. The smallest absolute Gasteiger partial charge is 0.260 e. The van der Waals surface area contributed by atoms with Crippen LogP contribution in [0.3, 0.4) is 0 Å². The SMILES string of the molecule is O=C1NC(N2CCOCC2)NC(NC2CCCNC2)=C1c1nc2ccccc2s1. The zero-order chi connectivity index (χ0) is 19.6. The van der Waals surface area contributed by atoms with Gasteiger partial charge < -0.3 is 26.0 Å². The first-order chi connectivity index (χ1) is 14.3. The van der Waals surface area contributed by atoms with Crippen LogP contribution in [-0.4, -0.2) is 67.5 Å². The summed E-state index contributed by atoms with van der Waals surface area (Å²) >= 11 is 1.55. The number of nitrogens with one attached hydrogen (secondary N) is 4.